The van der Waals surface area contributed by atoms with Gasteiger partial charge in [-0.3, -0.25) is 0 Å². The average Bonchev–Trinajstić information content (AvgIpc) is 2.37. The van der Waals surface area contributed by atoms with Crippen molar-refractivity contribution < 1.29 is 9.90 Å². The van der Waals surface area contributed by atoms with Crippen LogP contribution in [0.2, 0.25) is 0 Å². The molecular weight excluding hydrogens is 240 g/mol. The minimum Gasteiger partial charge on any atom is -0.478 e. The molecule has 4 nitrogen and oxygen atoms in total. The van der Waals surface area contributed by atoms with Gasteiger partial charge in [0, 0.05) is 5.41 Å². The van der Waals surface area contributed by atoms with Crippen LogP contribution in [0.4, 0.5) is 0 Å². The molecule has 1 aromatic heterocycles. The number of rotatable bonds is 2. The van der Waals surface area contributed by atoms with E-state index in [0.717, 1.165) is 23.4 Å². The number of hydrogen-bond donors (Lipinski definition) is 1. The van der Waals surface area contributed by atoms with Crippen molar-refractivity contribution in [3.63, 3.8) is 0 Å². The lowest BCUT2D eigenvalue weighted by molar-refractivity contribution is -0.00764. The van der Waals surface area contributed by atoms with Gasteiger partial charge in [-0.15, -0.1) is 0 Å². The standard InChI is InChI=1S/C15H18N2O2/c18-14(19)12-4-13(17-16-8-12)15-5-9-1-10(6-15)3-11(2-9)7-15/h4,8-11H,1-3,5-7H2,(H,18,19). The summed E-state index contributed by atoms with van der Waals surface area (Å²) in [4.78, 5) is 11.1. The van der Waals surface area contributed by atoms with Crippen molar-refractivity contribution in [2.75, 3.05) is 0 Å². The van der Waals surface area contributed by atoms with Crippen molar-refractivity contribution in [3.8, 4) is 0 Å². The van der Waals surface area contributed by atoms with Gasteiger partial charge in [-0.2, -0.15) is 10.2 Å². The quantitative estimate of drug-likeness (QED) is 0.885. The van der Waals surface area contributed by atoms with E-state index in [0.29, 0.717) is 0 Å². The molecule has 0 aliphatic heterocycles. The Hall–Kier alpha value is -1.45. The smallest absolute Gasteiger partial charge is 0.337 e. The molecule has 0 saturated heterocycles. The van der Waals surface area contributed by atoms with Crippen LogP contribution in [0.1, 0.15) is 54.6 Å². The zero-order valence-corrected chi connectivity index (χ0v) is 10.9. The molecule has 0 radical (unpaired) electrons. The summed E-state index contributed by atoms with van der Waals surface area (Å²) in [7, 11) is 0. The molecule has 4 aliphatic rings. The maximum Gasteiger partial charge on any atom is 0.337 e. The second kappa shape index (κ2) is 3.78. The summed E-state index contributed by atoms with van der Waals surface area (Å²) < 4.78 is 0. The third kappa shape index (κ3) is 1.69. The highest BCUT2D eigenvalue weighted by molar-refractivity contribution is 5.87. The van der Waals surface area contributed by atoms with Crippen molar-refractivity contribution in [2.45, 2.75) is 43.9 Å². The van der Waals surface area contributed by atoms with Gasteiger partial charge in [0.1, 0.15) is 0 Å². The Morgan fingerprint density at radius 2 is 1.74 bits per heavy atom. The predicted molar refractivity (Wildman–Crippen MR) is 68.8 cm³/mol. The van der Waals surface area contributed by atoms with E-state index in [1.54, 1.807) is 6.07 Å². The van der Waals surface area contributed by atoms with Crippen molar-refractivity contribution >= 4 is 5.97 Å². The fraction of sp³-hybridized carbons (Fsp3) is 0.667. The van der Waals surface area contributed by atoms with Crippen LogP contribution >= 0.6 is 0 Å². The minimum atomic E-state index is -0.902. The molecule has 0 aromatic carbocycles. The number of aromatic nitrogens is 2. The molecular formula is C15H18N2O2. The van der Waals surface area contributed by atoms with Crippen LogP contribution in [0.5, 0.6) is 0 Å². The molecule has 19 heavy (non-hydrogen) atoms. The normalized spacial score (nSPS) is 39.5. The fourth-order valence-corrected chi connectivity index (χ4v) is 5.17. The average molecular weight is 258 g/mol. The third-order valence-electron chi connectivity index (χ3n) is 5.48. The number of hydrogen-bond acceptors (Lipinski definition) is 3. The van der Waals surface area contributed by atoms with Gasteiger partial charge in [0.15, 0.2) is 0 Å². The van der Waals surface area contributed by atoms with Gasteiger partial charge in [0.05, 0.1) is 17.5 Å². The maximum atomic E-state index is 11.1. The SMILES string of the molecule is O=C(O)c1cnnc(C23CC4CC(CC(C4)C2)C3)c1. The van der Waals surface area contributed by atoms with E-state index >= 15 is 0 Å². The number of carboxylic acids is 1. The van der Waals surface area contributed by atoms with Gasteiger partial charge in [-0.1, -0.05) is 0 Å². The molecule has 4 fully saturated rings. The van der Waals surface area contributed by atoms with Crippen LogP contribution < -0.4 is 0 Å². The Bertz CT molecular complexity index is 505. The number of carboxylic acid groups (broad SMARTS) is 1. The Balaban J connectivity index is 1.75. The van der Waals surface area contributed by atoms with Crippen LogP contribution in [0.25, 0.3) is 0 Å². The minimum absolute atomic E-state index is 0.132. The maximum absolute atomic E-state index is 11.1. The van der Waals surface area contributed by atoms with E-state index in [4.69, 9.17) is 5.11 Å². The van der Waals surface area contributed by atoms with Gasteiger partial charge in [-0.25, -0.2) is 4.79 Å². The number of carbonyl (C=O) groups is 1. The third-order valence-corrected chi connectivity index (χ3v) is 5.48. The highest BCUT2D eigenvalue weighted by Gasteiger charge is 2.52. The molecule has 1 N–H and O–H groups in total. The zero-order chi connectivity index (χ0) is 13.0. The van der Waals surface area contributed by atoms with E-state index in [9.17, 15) is 4.79 Å². The van der Waals surface area contributed by atoms with Gasteiger partial charge in [0.2, 0.25) is 0 Å². The molecule has 4 bridgehead atoms. The molecule has 5 rings (SSSR count). The second-order valence-corrected chi connectivity index (χ2v) is 6.83. The summed E-state index contributed by atoms with van der Waals surface area (Å²) in [5, 5.41) is 17.4. The summed E-state index contributed by atoms with van der Waals surface area (Å²) in [6, 6.07) is 1.77. The van der Waals surface area contributed by atoms with E-state index in [2.05, 4.69) is 10.2 Å². The molecule has 0 atom stereocenters. The van der Waals surface area contributed by atoms with E-state index in [1.807, 2.05) is 0 Å². The van der Waals surface area contributed by atoms with Crippen LogP contribution in [0.15, 0.2) is 12.3 Å². The molecule has 4 heteroatoms. The van der Waals surface area contributed by atoms with Gasteiger partial charge in [0.25, 0.3) is 0 Å². The van der Waals surface area contributed by atoms with Crippen LogP contribution in [-0.4, -0.2) is 21.3 Å². The summed E-state index contributed by atoms with van der Waals surface area (Å²) in [6.45, 7) is 0. The molecule has 0 spiro atoms. The lowest BCUT2D eigenvalue weighted by Gasteiger charge is -2.56. The molecule has 1 aromatic rings. The molecule has 100 valence electrons. The monoisotopic (exact) mass is 258 g/mol. The first-order chi connectivity index (χ1) is 9.14. The topological polar surface area (TPSA) is 63.1 Å². The number of aromatic carboxylic acids is 1. The van der Waals surface area contributed by atoms with Crippen molar-refractivity contribution in [1.29, 1.82) is 0 Å². The summed E-state index contributed by atoms with van der Waals surface area (Å²) >= 11 is 0. The molecule has 1 heterocycles. The lowest BCUT2D eigenvalue weighted by Crippen LogP contribution is -2.49. The molecule has 4 saturated carbocycles. The fourth-order valence-electron chi connectivity index (χ4n) is 5.17. The van der Waals surface area contributed by atoms with E-state index in [1.165, 1.54) is 44.7 Å². The Kier molecular flexibility index (Phi) is 2.26. The summed E-state index contributed by atoms with van der Waals surface area (Å²) in [5.74, 6) is 1.60. The highest BCUT2D eigenvalue weighted by atomic mass is 16.4. The number of nitrogens with zero attached hydrogens (tertiary/aromatic N) is 2. The van der Waals surface area contributed by atoms with Crippen molar-refractivity contribution in [1.82, 2.24) is 10.2 Å². The van der Waals surface area contributed by atoms with Gasteiger partial charge in [-0.05, 0) is 62.3 Å². The van der Waals surface area contributed by atoms with Crippen molar-refractivity contribution in [3.05, 3.63) is 23.5 Å². The first-order valence-electron chi connectivity index (χ1n) is 7.21. The van der Waals surface area contributed by atoms with E-state index < -0.39 is 5.97 Å². The van der Waals surface area contributed by atoms with Gasteiger partial charge < -0.3 is 5.11 Å². The van der Waals surface area contributed by atoms with Gasteiger partial charge >= 0.3 is 5.97 Å². The van der Waals surface area contributed by atoms with Crippen LogP contribution in [0.3, 0.4) is 0 Å². The molecule has 4 aliphatic carbocycles. The lowest BCUT2D eigenvalue weighted by atomic mass is 9.49. The first-order valence-corrected chi connectivity index (χ1v) is 7.21. The Morgan fingerprint density at radius 1 is 1.16 bits per heavy atom. The van der Waals surface area contributed by atoms with Crippen molar-refractivity contribution in [2.24, 2.45) is 17.8 Å². The molecule has 0 amide bonds. The second-order valence-electron chi connectivity index (χ2n) is 6.83. The van der Waals surface area contributed by atoms with Crippen LogP contribution in [-0.2, 0) is 5.41 Å². The Labute approximate surface area is 112 Å². The Morgan fingerprint density at radius 3 is 2.26 bits per heavy atom. The largest absolute Gasteiger partial charge is 0.478 e. The van der Waals surface area contributed by atoms with E-state index in [-0.39, 0.29) is 11.0 Å². The zero-order valence-electron chi connectivity index (χ0n) is 10.9. The predicted octanol–water partition coefficient (Wildman–Crippen LogP) is 2.64. The van der Waals surface area contributed by atoms with Crippen LogP contribution in [0, 0.1) is 17.8 Å². The summed E-state index contributed by atoms with van der Waals surface area (Å²) in [5.41, 5.74) is 1.35. The summed E-state index contributed by atoms with van der Waals surface area (Å²) in [6.07, 6.45) is 9.07. The molecule has 0 unspecified atom stereocenters. The first kappa shape index (κ1) is 11.4. The highest BCUT2D eigenvalue weighted by Crippen LogP contribution is 2.60.